The van der Waals surface area contributed by atoms with E-state index in [4.69, 9.17) is 9.47 Å². The van der Waals surface area contributed by atoms with Gasteiger partial charge in [0.05, 0.1) is 16.9 Å². The number of rotatable bonds is 6. The number of hydrogen-bond donors (Lipinski definition) is 0. The standard InChI is InChI=1S/C31H24O5S/c32-25(29-16-22-8-4-5-9-28(22)37-29)15-14-23-24-17-30(33)35-27(24)18-26(23)36-31(34)21-12-10-20(11-13-21)19-6-2-1-3-7-19/h1-16,23-24,26-27H,17-18H2. The number of ether oxygens (including phenoxy) is 2. The molecule has 4 atom stereocenters. The number of fused-ring (bicyclic) bond motifs is 2. The van der Waals surface area contributed by atoms with Crippen LogP contribution in [0.25, 0.3) is 21.2 Å². The first-order chi connectivity index (χ1) is 18.0. The van der Waals surface area contributed by atoms with Gasteiger partial charge in [-0.15, -0.1) is 11.3 Å². The minimum absolute atomic E-state index is 0.100. The fraction of sp³-hybridized carbons (Fsp3) is 0.194. The van der Waals surface area contributed by atoms with Crippen LogP contribution in [0, 0.1) is 11.8 Å². The molecule has 2 heterocycles. The summed E-state index contributed by atoms with van der Waals surface area (Å²) in [6.07, 6.45) is 3.26. The lowest BCUT2D eigenvalue weighted by atomic mass is 9.91. The van der Waals surface area contributed by atoms with Crippen LogP contribution in [0.4, 0.5) is 0 Å². The maximum absolute atomic E-state index is 13.0. The van der Waals surface area contributed by atoms with Gasteiger partial charge in [-0.1, -0.05) is 66.7 Å². The van der Waals surface area contributed by atoms with Crippen molar-refractivity contribution < 1.29 is 23.9 Å². The van der Waals surface area contributed by atoms with E-state index in [1.54, 1.807) is 24.3 Å². The van der Waals surface area contributed by atoms with Crippen molar-refractivity contribution in [3.05, 3.63) is 108 Å². The third-order valence-electron chi connectivity index (χ3n) is 7.18. The predicted octanol–water partition coefficient (Wildman–Crippen LogP) is 6.48. The molecule has 2 fully saturated rings. The number of hydrogen-bond acceptors (Lipinski definition) is 6. The number of allylic oxidation sites excluding steroid dienone is 1. The van der Waals surface area contributed by atoms with E-state index in [0.29, 0.717) is 16.9 Å². The van der Waals surface area contributed by atoms with E-state index in [1.807, 2.05) is 72.8 Å². The van der Waals surface area contributed by atoms with Gasteiger partial charge in [-0.3, -0.25) is 9.59 Å². The van der Waals surface area contributed by atoms with Crippen LogP contribution < -0.4 is 0 Å². The largest absolute Gasteiger partial charge is 0.462 e. The molecule has 1 aliphatic carbocycles. The van der Waals surface area contributed by atoms with Crippen LogP contribution in [0.1, 0.15) is 32.9 Å². The van der Waals surface area contributed by atoms with Gasteiger partial charge in [0.25, 0.3) is 0 Å². The highest BCUT2D eigenvalue weighted by Crippen LogP contribution is 2.44. The van der Waals surface area contributed by atoms with E-state index in [-0.39, 0.29) is 36.1 Å². The van der Waals surface area contributed by atoms with Crippen LogP contribution in [0.5, 0.6) is 0 Å². The van der Waals surface area contributed by atoms with Crippen LogP contribution in [-0.2, 0) is 14.3 Å². The molecular formula is C31H24O5S. The molecule has 4 aromatic rings. The summed E-state index contributed by atoms with van der Waals surface area (Å²) in [4.78, 5) is 38.6. The summed E-state index contributed by atoms with van der Waals surface area (Å²) in [7, 11) is 0. The summed E-state index contributed by atoms with van der Waals surface area (Å²) in [5, 5.41) is 1.03. The van der Waals surface area contributed by atoms with E-state index >= 15 is 0 Å². The Morgan fingerprint density at radius 2 is 1.65 bits per heavy atom. The van der Waals surface area contributed by atoms with Crippen molar-refractivity contribution in [2.75, 3.05) is 0 Å². The molecule has 4 unspecified atom stereocenters. The molecule has 37 heavy (non-hydrogen) atoms. The van der Waals surface area contributed by atoms with E-state index in [2.05, 4.69) is 0 Å². The average Bonchev–Trinajstić information content (AvgIpc) is 3.60. The molecule has 6 rings (SSSR count). The molecule has 1 aromatic heterocycles. The van der Waals surface area contributed by atoms with Gasteiger partial charge in [-0.2, -0.15) is 0 Å². The predicted molar refractivity (Wildman–Crippen MR) is 142 cm³/mol. The molecule has 2 aliphatic rings. The van der Waals surface area contributed by atoms with E-state index in [9.17, 15) is 14.4 Å². The molecule has 5 nitrogen and oxygen atoms in total. The fourth-order valence-electron chi connectivity index (χ4n) is 5.31. The molecule has 6 heteroatoms. The third-order valence-corrected chi connectivity index (χ3v) is 8.31. The first-order valence-electron chi connectivity index (χ1n) is 12.3. The molecule has 0 radical (unpaired) electrons. The highest BCUT2D eigenvalue weighted by molar-refractivity contribution is 7.21. The Morgan fingerprint density at radius 3 is 2.43 bits per heavy atom. The van der Waals surface area contributed by atoms with Crippen molar-refractivity contribution >= 4 is 39.1 Å². The summed E-state index contributed by atoms with van der Waals surface area (Å²) in [6, 6.07) is 27.0. The van der Waals surface area contributed by atoms with Crippen LogP contribution >= 0.6 is 11.3 Å². The fourth-order valence-corrected chi connectivity index (χ4v) is 6.29. The highest BCUT2D eigenvalue weighted by atomic mass is 32.1. The van der Waals surface area contributed by atoms with E-state index < -0.39 is 12.1 Å². The maximum Gasteiger partial charge on any atom is 0.338 e. The zero-order chi connectivity index (χ0) is 25.4. The Bertz CT molecular complexity index is 1470. The lowest BCUT2D eigenvalue weighted by Crippen LogP contribution is -2.25. The van der Waals surface area contributed by atoms with Gasteiger partial charge in [0.2, 0.25) is 0 Å². The lowest BCUT2D eigenvalue weighted by Gasteiger charge is -2.20. The Kier molecular flexibility index (Phi) is 6.18. The first-order valence-corrected chi connectivity index (χ1v) is 13.1. The van der Waals surface area contributed by atoms with Gasteiger partial charge in [0.15, 0.2) is 5.78 Å². The number of esters is 2. The number of benzene rings is 3. The molecule has 0 N–H and O–H groups in total. The summed E-state index contributed by atoms with van der Waals surface area (Å²) in [5.41, 5.74) is 2.54. The minimum Gasteiger partial charge on any atom is -0.462 e. The second-order valence-electron chi connectivity index (χ2n) is 9.47. The summed E-state index contributed by atoms with van der Waals surface area (Å²) < 4.78 is 12.5. The molecule has 184 valence electrons. The molecule has 1 saturated carbocycles. The lowest BCUT2D eigenvalue weighted by molar-refractivity contribution is -0.141. The van der Waals surface area contributed by atoms with Crippen molar-refractivity contribution in [1.82, 2.24) is 0 Å². The summed E-state index contributed by atoms with van der Waals surface area (Å²) in [5.74, 6) is -1.16. The summed E-state index contributed by atoms with van der Waals surface area (Å²) in [6.45, 7) is 0. The van der Waals surface area contributed by atoms with Crippen LogP contribution in [-0.4, -0.2) is 29.9 Å². The van der Waals surface area contributed by atoms with Crippen molar-refractivity contribution in [3.8, 4) is 11.1 Å². The smallest absolute Gasteiger partial charge is 0.338 e. The molecule has 0 amide bonds. The van der Waals surface area contributed by atoms with Gasteiger partial charge in [0, 0.05) is 23.0 Å². The van der Waals surface area contributed by atoms with E-state index in [0.717, 1.165) is 21.2 Å². The Balaban J connectivity index is 1.19. The molecule has 1 saturated heterocycles. The van der Waals surface area contributed by atoms with Gasteiger partial charge in [-0.25, -0.2) is 4.79 Å². The number of carbonyl (C=O) groups excluding carboxylic acids is 3. The summed E-state index contributed by atoms with van der Waals surface area (Å²) >= 11 is 1.45. The van der Waals surface area contributed by atoms with Gasteiger partial charge in [-0.05, 0) is 46.9 Å². The van der Waals surface area contributed by atoms with Crippen molar-refractivity contribution in [1.29, 1.82) is 0 Å². The van der Waals surface area contributed by atoms with Crippen LogP contribution in [0.2, 0.25) is 0 Å². The number of carbonyl (C=O) groups is 3. The molecule has 1 aliphatic heterocycles. The second kappa shape index (κ2) is 9.79. The monoisotopic (exact) mass is 508 g/mol. The molecule has 3 aromatic carbocycles. The molecular weight excluding hydrogens is 484 g/mol. The van der Waals surface area contributed by atoms with Crippen molar-refractivity contribution in [2.45, 2.75) is 25.0 Å². The third kappa shape index (κ3) is 4.72. The molecule has 0 spiro atoms. The zero-order valence-corrected chi connectivity index (χ0v) is 20.7. The molecule has 0 bridgehead atoms. The topological polar surface area (TPSA) is 69.7 Å². The SMILES string of the molecule is O=C1CC2C(CC(OC(=O)c3ccc(-c4ccccc4)cc3)C2C=CC(=O)c2cc3ccccc3s2)O1. The van der Waals surface area contributed by atoms with Crippen LogP contribution in [0.15, 0.2) is 97.1 Å². The number of thiophene rings is 1. The van der Waals surface area contributed by atoms with Gasteiger partial charge < -0.3 is 9.47 Å². The van der Waals surface area contributed by atoms with Crippen LogP contribution in [0.3, 0.4) is 0 Å². The normalized spacial score (nSPS) is 22.8. The Hall–Kier alpha value is -4.03. The van der Waals surface area contributed by atoms with Gasteiger partial charge >= 0.3 is 11.9 Å². The maximum atomic E-state index is 13.0. The Morgan fingerprint density at radius 1 is 0.919 bits per heavy atom. The van der Waals surface area contributed by atoms with Crippen molar-refractivity contribution in [3.63, 3.8) is 0 Å². The minimum atomic E-state index is -0.476. The first kappa shape index (κ1) is 23.4. The average molecular weight is 509 g/mol. The number of ketones is 1. The Labute approximate surface area is 218 Å². The quantitative estimate of drug-likeness (QED) is 0.169. The highest BCUT2D eigenvalue weighted by Gasteiger charge is 2.50. The zero-order valence-electron chi connectivity index (χ0n) is 19.9. The van der Waals surface area contributed by atoms with Gasteiger partial charge in [0.1, 0.15) is 12.2 Å². The van der Waals surface area contributed by atoms with Crippen molar-refractivity contribution in [2.24, 2.45) is 11.8 Å². The van der Waals surface area contributed by atoms with E-state index in [1.165, 1.54) is 11.3 Å². The second-order valence-corrected chi connectivity index (χ2v) is 10.6.